The number of benzene rings is 1. The van der Waals surface area contributed by atoms with Crippen molar-refractivity contribution in [3.63, 3.8) is 0 Å². The molecule has 1 aromatic carbocycles. The van der Waals surface area contributed by atoms with Crippen LogP contribution in [0.2, 0.25) is 0 Å². The lowest BCUT2D eigenvalue weighted by Crippen LogP contribution is -2.34. The van der Waals surface area contributed by atoms with E-state index in [1.165, 1.54) is 23.1 Å². The molecule has 0 bridgehead atoms. The fourth-order valence-corrected chi connectivity index (χ4v) is 2.60. The number of hydrogen-bond acceptors (Lipinski definition) is 3. The van der Waals surface area contributed by atoms with Crippen LogP contribution in [0.3, 0.4) is 0 Å². The van der Waals surface area contributed by atoms with Gasteiger partial charge in [0.15, 0.2) is 0 Å². The number of aromatic amines is 1. The van der Waals surface area contributed by atoms with Gasteiger partial charge in [-0.25, -0.2) is 0 Å². The number of fused-ring (bicyclic) bond motifs is 1. The van der Waals surface area contributed by atoms with Crippen LogP contribution in [0.1, 0.15) is 16.9 Å². The molecule has 2 amide bonds. The van der Waals surface area contributed by atoms with Crippen molar-refractivity contribution in [1.29, 1.82) is 0 Å². The van der Waals surface area contributed by atoms with E-state index in [0.717, 1.165) is 0 Å². The number of alkyl halides is 3. The summed E-state index contributed by atoms with van der Waals surface area (Å²) < 4.78 is 41.4. The van der Waals surface area contributed by atoms with E-state index >= 15 is 0 Å². The second-order valence-electron chi connectivity index (χ2n) is 5.34. The third kappa shape index (κ3) is 3.44. The highest BCUT2D eigenvalue weighted by Gasteiger charge is 2.32. The topological polar surface area (TPSA) is 74.4 Å². The molecule has 2 aromatic rings. The van der Waals surface area contributed by atoms with Crippen molar-refractivity contribution in [3.8, 4) is 5.75 Å². The van der Waals surface area contributed by atoms with E-state index < -0.39 is 6.36 Å². The Bertz CT molecular complexity index is 785. The Labute approximate surface area is 134 Å². The molecule has 1 aliphatic heterocycles. The number of aromatic nitrogens is 1. The van der Waals surface area contributed by atoms with E-state index in [4.69, 9.17) is 0 Å². The van der Waals surface area contributed by atoms with Crippen LogP contribution in [0.4, 0.5) is 13.2 Å². The molecule has 0 unspecified atom stereocenters. The van der Waals surface area contributed by atoms with Crippen LogP contribution in [0.25, 0.3) is 10.9 Å². The van der Waals surface area contributed by atoms with E-state index in [1.807, 2.05) is 0 Å². The van der Waals surface area contributed by atoms with Crippen LogP contribution in [0.5, 0.6) is 5.75 Å². The molecular weight excluding hydrogens is 327 g/mol. The van der Waals surface area contributed by atoms with Gasteiger partial charge in [0.25, 0.3) is 5.91 Å². The Balaban J connectivity index is 1.89. The third-order valence-electron chi connectivity index (χ3n) is 3.68. The predicted molar refractivity (Wildman–Crippen MR) is 78.5 cm³/mol. The first-order valence-corrected chi connectivity index (χ1v) is 7.27. The number of hydrogen-bond donors (Lipinski definition) is 2. The second-order valence-corrected chi connectivity index (χ2v) is 5.34. The lowest BCUT2D eigenvalue weighted by molar-refractivity contribution is -0.274. The molecule has 0 saturated carbocycles. The largest absolute Gasteiger partial charge is 0.573 e. The number of carbonyl (C=O) groups is 2. The molecular formula is C15H14F3N3O3. The van der Waals surface area contributed by atoms with Gasteiger partial charge in [0.1, 0.15) is 11.4 Å². The first kappa shape index (κ1) is 16.2. The van der Waals surface area contributed by atoms with Gasteiger partial charge in [0.2, 0.25) is 5.91 Å². The molecule has 0 aliphatic carbocycles. The highest BCUT2D eigenvalue weighted by molar-refractivity contribution is 6.00. The fraction of sp³-hybridized carbons (Fsp3) is 0.333. The van der Waals surface area contributed by atoms with Crippen molar-refractivity contribution in [2.24, 2.45) is 0 Å². The highest BCUT2D eigenvalue weighted by atomic mass is 19.4. The SMILES string of the molecule is O=C1CCN(C(=O)c2cc3c(OC(F)(F)F)cccc3[nH]2)CCN1. The number of nitrogens with one attached hydrogen (secondary N) is 2. The Hall–Kier alpha value is -2.71. The normalized spacial score (nSPS) is 16.0. The monoisotopic (exact) mass is 341 g/mol. The smallest absolute Gasteiger partial charge is 0.405 e. The molecule has 0 atom stereocenters. The minimum Gasteiger partial charge on any atom is -0.405 e. The lowest BCUT2D eigenvalue weighted by atomic mass is 10.2. The van der Waals surface area contributed by atoms with Gasteiger partial charge in [0.05, 0.1) is 0 Å². The molecule has 1 fully saturated rings. The summed E-state index contributed by atoms with van der Waals surface area (Å²) in [7, 11) is 0. The van der Waals surface area contributed by atoms with Crippen LogP contribution in [0.15, 0.2) is 24.3 Å². The van der Waals surface area contributed by atoms with Crippen LogP contribution < -0.4 is 10.1 Å². The summed E-state index contributed by atoms with van der Waals surface area (Å²) in [5, 5.41) is 2.82. The maximum atomic E-state index is 12.5. The number of carbonyl (C=O) groups excluding carboxylic acids is 2. The molecule has 1 aromatic heterocycles. The molecule has 2 heterocycles. The Morgan fingerprint density at radius 3 is 2.79 bits per heavy atom. The molecule has 0 spiro atoms. The van der Waals surface area contributed by atoms with Gasteiger partial charge in [0, 0.05) is 37.0 Å². The van der Waals surface area contributed by atoms with Gasteiger partial charge in [-0.05, 0) is 18.2 Å². The second kappa shape index (κ2) is 6.06. The molecule has 9 heteroatoms. The number of H-pyrrole nitrogens is 1. The van der Waals surface area contributed by atoms with Crippen molar-refractivity contribution in [2.45, 2.75) is 12.8 Å². The standard InChI is InChI=1S/C15H14F3N3O3/c16-15(17,18)24-12-3-1-2-10-9(12)8-11(20-10)14(23)21-6-4-13(22)19-5-7-21/h1-3,8,20H,4-7H2,(H,19,22). The number of nitrogens with zero attached hydrogens (tertiary/aromatic N) is 1. The Morgan fingerprint density at radius 1 is 1.25 bits per heavy atom. The van der Waals surface area contributed by atoms with Gasteiger partial charge in [-0.1, -0.05) is 6.07 Å². The van der Waals surface area contributed by atoms with Crippen LogP contribution in [0, 0.1) is 0 Å². The molecule has 3 rings (SSSR count). The Kier molecular flexibility index (Phi) is 4.08. The van der Waals surface area contributed by atoms with Gasteiger partial charge >= 0.3 is 6.36 Å². The van der Waals surface area contributed by atoms with E-state index in [0.29, 0.717) is 18.6 Å². The zero-order chi connectivity index (χ0) is 17.3. The van der Waals surface area contributed by atoms with E-state index in [2.05, 4.69) is 15.0 Å². The van der Waals surface area contributed by atoms with Gasteiger partial charge in [-0.3, -0.25) is 9.59 Å². The first-order valence-electron chi connectivity index (χ1n) is 7.27. The van der Waals surface area contributed by atoms with Gasteiger partial charge in [-0.15, -0.1) is 13.2 Å². The van der Waals surface area contributed by atoms with E-state index in [1.54, 1.807) is 6.07 Å². The molecule has 0 radical (unpaired) electrons. The molecule has 6 nitrogen and oxygen atoms in total. The van der Waals surface area contributed by atoms with Crippen molar-refractivity contribution < 1.29 is 27.5 Å². The van der Waals surface area contributed by atoms with Gasteiger partial charge in [-0.2, -0.15) is 0 Å². The van der Waals surface area contributed by atoms with Crippen molar-refractivity contribution in [2.75, 3.05) is 19.6 Å². The minimum atomic E-state index is -4.81. The first-order chi connectivity index (χ1) is 11.3. The summed E-state index contributed by atoms with van der Waals surface area (Å²) in [6.45, 7) is 0.936. The maximum absolute atomic E-state index is 12.5. The minimum absolute atomic E-state index is 0.136. The Morgan fingerprint density at radius 2 is 2.04 bits per heavy atom. The number of rotatable bonds is 2. The van der Waals surface area contributed by atoms with Crippen LogP contribution in [-0.2, 0) is 4.79 Å². The number of halogens is 3. The molecule has 128 valence electrons. The summed E-state index contributed by atoms with van der Waals surface area (Å²) in [6.07, 6.45) is -4.62. The third-order valence-corrected chi connectivity index (χ3v) is 3.68. The van der Waals surface area contributed by atoms with Crippen LogP contribution in [-0.4, -0.2) is 47.7 Å². The quantitative estimate of drug-likeness (QED) is 0.878. The summed E-state index contributed by atoms with van der Waals surface area (Å²) in [5.41, 5.74) is 0.515. The zero-order valence-corrected chi connectivity index (χ0v) is 12.4. The zero-order valence-electron chi connectivity index (χ0n) is 12.4. The van der Waals surface area contributed by atoms with Crippen molar-refractivity contribution in [3.05, 3.63) is 30.0 Å². The average Bonchev–Trinajstić information content (AvgIpc) is 2.82. The summed E-state index contributed by atoms with van der Waals surface area (Å²) >= 11 is 0. The maximum Gasteiger partial charge on any atom is 0.573 e. The average molecular weight is 341 g/mol. The lowest BCUT2D eigenvalue weighted by Gasteiger charge is -2.18. The molecule has 1 saturated heterocycles. The van der Waals surface area contributed by atoms with Crippen molar-refractivity contribution in [1.82, 2.24) is 15.2 Å². The van der Waals surface area contributed by atoms with E-state index in [9.17, 15) is 22.8 Å². The number of amides is 2. The van der Waals surface area contributed by atoms with Gasteiger partial charge < -0.3 is 19.9 Å². The van der Waals surface area contributed by atoms with Crippen LogP contribution >= 0.6 is 0 Å². The summed E-state index contributed by atoms with van der Waals surface area (Å²) in [5.74, 6) is -0.883. The fourth-order valence-electron chi connectivity index (χ4n) is 2.60. The summed E-state index contributed by atoms with van der Waals surface area (Å²) in [4.78, 5) is 28.1. The molecule has 2 N–H and O–H groups in total. The van der Waals surface area contributed by atoms with Crippen molar-refractivity contribution >= 4 is 22.7 Å². The highest BCUT2D eigenvalue weighted by Crippen LogP contribution is 2.31. The number of ether oxygens (including phenoxy) is 1. The van der Waals surface area contributed by atoms with E-state index in [-0.39, 0.29) is 41.6 Å². The summed E-state index contributed by atoms with van der Waals surface area (Å²) in [6, 6.07) is 5.48. The molecule has 1 aliphatic rings. The molecule has 24 heavy (non-hydrogen) atoms. The predicted octanol–water partition coefficient (Wildman–Crippen LogP) is 2.03.